The molecular formula is C19H18N6OS3. The van der Waals surface area contributed by atoms with Crippen molar-refractivity contribution >= 4 is 50.5 Å². The van der Waals surface area contributed by atoms with Gasteiger partial charge in [-0.1, -0.05) is 53.4 Å². The van der Waals surface area contributed by atoms with Crippen LogP contribution in [0.3, 0.4) is 0 Å². The van der Waals surface area contributed by atoms with Gasteiger partial charge < -0.3 is 11.1 Å². The number of carbonyl (C=O) groups excluding carboxylic acids is 1. The van der Waals surface area contributed by atoms with E-state index in [1.807, 2.05) is 18.2 Å². The van der Waals surface area contributed by atoms with Crippen LogP contribution in [0.2, 0.25) is 0 Å². The Morgan fingerprint density at radius 1 is 1.31 bits per heavy atom. The van der Waals surface area contributed by atoms with Crippen LogP contribution in [0.1, 0.15) is 21.6 Å². The van der Waals surface area contributed by atoms with Crippen LogP contribution < -0.4 is 11.1 Å². The van der Waals surface area contributed by atoms with E-state index >= 15 is 0 Å². The molecule has 4 rings (SSSR count). The molecule has 0 radical (unpaired) electrons. The molecular weight excluding hydrogens is 424 g/mol. The van der Waals surface area contributed by atoms with E-state index in [2.05, 4.69) is 38.6 Å². The van der Waals surface area contributed by atoms with Gasteiger partial charge in [0.15, 0.2) is 4.34 Å². The summed E-state index contributed by atoms with van der Waals surface area (Å²) in [5, 5.41) is 21.2. The van der Waals surface area contributed by atoms with Gasteiger partial charge in [-0.3, -0.25) is 9.69 Å². The summed E-state index contributed by atoms with van der Waals surface area (Å²) in [5.74, 6) is 0.0300. The van der Waals surface area contributed by atoms with Crippen molar-refractivity contribution in [3.63, 3.8) is 0 Å². The molecule has 0 atom stereocenters. The van der Waals surface area contributed by atoms with Gasteiger partial charge in [-0.2, -0.15) is 5.26 Å². The van der Waals surface area contributed by atoms with E-state index < -0.39 is 0 Å². The van der Waals surface area contributed by atoms with Crippen LogP contribution in [0.25, 0.3) is 0 Å². The molecule has 0 aliphatic carbocycles. The van der Waals surface area contributed by atoms with Gasteiger partial charge in [0.05, 0.1) is 11.3 Å². The second-order valence-corrected chi connectivity index (χ2v) is 9.85. The number of anilines is 2. The van der Waals surface area contributed by atoms with Crippen molar-refractivity contribution in [3.8, 4) is 6.07 Å². The lowest BCUT2D eigenvalue weighted by molar-refractivity contribution is -0.113. The number of nitrogens with two attached hydrogens (primary N) is 1. The molecule has 2 aromatic heterocycles. The Morgan fingerprint density at radius 3 is 2.86 bits per heavy atom. The molecule has 10 heteroatoms. The molecule has 1 aromatic carbocycles. The molecule has 0 fully saturated rings. The molecule has 7 nitrogen and oxygen atoms in total. The molecule has 1 amide bonds. The zero-order valence-electron chi connectivity index (χ0n) is 15.4. The number of carbonyl (C=O) groups is 1. The summed E-state index contributed by atoms with van der Waals surface area (Å²) in [7, 11) is 0. The van der Waals surface area contributed by atoms with Gasteiger partial charge in [-0.25, -0.2) is 0 Å². The van der Waals surface area contributed by atoms with Crippen molar-refractivity contribution in [3.05, 3.63) is 51.9 Å². The van der Waals surface area contributed by atoms with E-state index in [1.165, 1.54) is 40.0 Å². The number of nitriles is 1. The number of rotatable bonds is 6. The lowest BCUT2D eigenvalue weighted by atomic mass is 10.0. The molecule has 3 N–H and O–H groups in total. The number of amides is 1. The average Bonchev–Trinajstić information content (AvgIpc) is 3.29. The predicted octanol–water partition coefficient (Wildman–Crippen LogP) is 3.34. The fourth-order valence-corrected chi connectivity index (χ4v) is 5.90. The SMILES string of the molecule is N#Cc1c(NC(=O)CSc2nnc(N)s2)sc2c1CCN(Cc1ccccc1)C2. The van der Waals surface area contributed by atoms with Crippen LogP contribution in [-0.4, -0.2) is 33.3 Å². The number of nitrogens with zero attached hydrogens (tertiary/aromatic N) is 4. The summed E-state index contributed by atoms with van der Waals surface area (Å²) in [6.45, 7) is 2.57. The van der Waals surface area contributed by atoms with Crippen molar-refractivity contribution in [2.75, 3.05) is 23.3 Å². The second-order valence-electron chi connectivity index (χ2n) is 6.51. The van der Waals surface area contributed by atoms with Crippen molar-refractivity contribution in [2.24, 2.45) is 0 Å². The monoisotopic (exact) mass is 442 g/mol. The topological polar surface area (TPSA) is 108 Å². The Bertz CT molecular complexity index is 1060. The second kappa shape index (κ2) is 8.92. The number of benzene rings is 1. The van der Waals surface area contributed by atoms with Crippen molar-refractivity contribution in [2.45, 2.75) is 23.8 Å². The number of fused-ring (bicyclic) bond motifs is 1. The zero-order valence-corrected chi connectivity index (χ0v) is 17.9. The van der Waals surface area contributed by atoms with E-state index in [0.29, 0.717) is 20.0 Å². The summed E-state index contributed by atoms with van der Waals surface area (Å²) in [6, 6.07) is 12.6. The number of thiophene rings is 1. The van der Waals surface area contributed by atoms with Gasteiger partial charge >= 0.3 is 0 Å². The van der Waals surface area contributed by atoms with Gasteiger partial charge in [-0.05, 0) is 17.5 Å². The summed E-state index contributed by atoms with van der Waals surface area (Å²) in [5.41, 5.74) is 8.50. The minimum atomic E-state index is -0.167. The largest absolute Gasteiger partial charge is 0.374 e. The number of hydrogen-bond acceptors (Lipinski definition) is 9. The standard InChI is InChI=1S/C19H18N6OS3/c20-8-14-13-6-7-25(9-12-4-2-1-3-5-12)10-15(13)28-17(14)22-16(26)11-27-19-24-23-18(21)29-19/h1-5H,6-7,9-11H2,(H2,21,23)(H,22,26). The number of aromatic nitrogens is 2. The minimum absolute atomic E-state index is 0.167. The quantitative estimate of drug-likeness (QED) is 0.564. The average molecular weight is 443 g/mol. The highest BCUT2D eigenvalue weighted by atomic mass is 32.2. The highest BCUT2D eigenvalue weighted by Gasteiger charge is 2.25. The number of hydrogen-bond donors (Lipinski definition) is 2. The number of nitrogens with one attached hydrogen (secondary N) is 1. The first kappa shape index (κ1) is 19.8. The van der Waals surface area contributed by atoms with E-state index in [9.17, 15) is 10.1 Å². The molecule has 0 saturated heterocycles. The molecule has 0 bridgehead atoms. The lowest BCUT2D eigenvalue weighted by Crippen LogP contribution is -2.29. The van der Waals surface area contributed by atoms with Crippen LogP contribution in [0, 0.1) is 11.3 Å². The zero-order chi connectivity index (χ0) is 20.2. The molecule has 29 heavy (non-hydrogen) atoms. The minimum Gasteiger partial charge on any atom is -0.374 e. The highest BCUT2D eigenvalue weighted by Crippen LogP contribution is 2.37. The van der Waals surface area contributed by atoms with Crippen LogP contribution in [0.5, 0.6) is 0 Å². The molecule has 3 aromatic rings. The van der Waals surface area contributed by atoms with Crippen molar-refractivity contribution in [1.29, 1.82) is 5.26 Å². The van der Waals surface area contributed by atoms with Crippen molar-refractivity contribution in [1.82, 2.24) is 15.1 Å². The molecule has 1 aliphatic rings. The van der Waals surface area contributed by atoms with Gasteiger partial charge in [0, 0.05) is 24.5 Å². The van der Waals surface area contributed by atoms with E-state index in [4.69, 9.17) is 5.73 Å². The Labute approximate surface area is 180 Å². The summed E-state index contributed by atoms with van der Waals surface area (Å²) in [4.78, 5) is 15.9. The number of nitrogen functional groups attached to an aromatic ring is 1. The van der Waals surface area contributed by atoms with Crippen molar-refractivity contribution < 1.29 is 4.79 Å². The summed E-state index contributed by atoms with van der Waals surface area (Å²) >= 11 is 4.04. The molecule has 0 saturated carbocycles. The maximum atomic E-state index is 12.4. The maximum absolute atomic E-state index is 12.4. The Balaban J connectivity index is 1.41. The lowest BCUT2D eigenvalue weighted by Gasteiger charge is -2.26. The summed E-state index contributed by atoms with van der Waals surface area (Å²) < 4.78 is 0.653. The Kier molecular flexibility index (Phi) is 6.10. The Hall–Kier alpha value is -2.45. The molecule has 3 heterocycles. The van der Waals surface area contributed by atoms with Gasteiger partial charge in [0.2, 0.25) is 11.0 Å². The van der Waals surface area contributed by atoms with Crippen LogP contribution in [-0.2, 0) is 24.3 Å². The fourth-order valence-electron chi connectivity index (χ4n) is 3.21. The van der Waals surface area contributed by atoms with Gasteiger partial charge in [0.25, 0.3) is 0 Å². The first-order chi connectivity index (χ1) is 14.1. The molecule has 148 valence electrons. The van der Waals surface area contributed by atoms with E-state index in [0.717, 1.165) is 36.5 Å². The predicted molar refractivity (Wildman–Crippen MR) is 117 cm³/mol. The first-order valence-electron chi connectivity index (χ1n) is 8.95. The highest BCUT2D eigenvalue weighted by molar-refractivity contribution is 8.01. The van der Waals surface area contributed by atoms with Crippen LogP contribution in [0.15, 0.2) is 34.7 Å². The normalized spacial score (nSPS) is 13.6. The van der Waals surface area contributed by atoms with Gasteiger partial charge in [0.1, 0.15) is 11.1 Å². The molecule has 1 aliphatic heterocycles. The first-order valence-corrected chi connectivity index (χ1v) is 11.6. The molecule has 0 spiro atoms. The third-order valence-electron chi connectivity index (χ3n) is 4.50. The van der Waals surface area contributed by atoms with Gasteiger partial charge in [-0.15, -0.1) is 21.5 Å². The summed E-state index contributed by atoms with van der Waals surface area (Å²) in [6.07, 6.45) is 0.816. The van der Waals surface area contributed by atoms with E-state index in [1.54, 1.807) is 0 Å². The Morgan fingerprint density at radius 2 is 2.14 bits per heavy atom. The van der Waals surface area contributed by atoms with Crippen LogP contribution >= 0.6 is 34.4 Å². The maximum Gasteiger partial charge on any atom is 0.235 e. The fraction of sp³-hybridized carbons (Fsp3) is 0.263. The smallest absolute Gasteiger partial charge is 0.235 e. The van der Waals surface area contributed by atoms with E-state index in [-0.39, 0.29) is 11.7 Å². The van der Waals surface area contributed by atoms with Crippen LogP contribution in [0.4, 0.5) is 10.1 Å². The molecule has 0 unspecified atom stereocenters. The third-order valence-corrected chi connectivity index (χ3v) is 7.52. The number of thioether (sulfide) groups is 1. The third kappa shape index (κ3) is 4.76.